The molecule has 2 aromatic carbocycles. The molecule has 0 aromatic heterocycles. The Morgan fingerprint density at radius 1 is 1.12 bits per heavy atom. The number of allylic oxidation sites excluding steroid dienone is 2. The molecule has 0 aliphatic rings. The molecule has 0 aliphatic heterocycles. The zero-order chi connectivity index (χ0) is 18.2. The van der Waals surface area contributed by atoms with Gasteiger partial charge in [-0.25, -0.2) is 0 Å². The number of carbonyl (C=O) groups excluding carboxylic acids is 1. The van der Waals surface area contributed by atoms with Crippen LogP contribution in [0.2, 0.25) is 0 Å². The summed E-state index contributed by atoms with van der Waals surface area (Å²) in [5.74, 6) is 1.25. The predicted octanol–water partition coefficient (Wildman–Crippen LogP) is 5.35. The van der Waals surface area contributed by atoms with Crippen LogP contribution < -0.4 is 9.47 Å². The average Bonchev–Trinajstić information content (AvgIpc) is 2.60. The van der Waals surface area contributed by atoms with Crippen LogP contribution in [-0.2, 0) is 17.6 Å². The predicted molar refractivity (Wildman–Crippen MR) is 109 cm³/mol. The molecule has 0 saturated heterocycles. The summed E-state index contributed by atoms with van der Waals surface area (Å²) in [6, 6.07) is 13.6. The van der Waals surface area contributed by atoms with Crippen LogP contribution in [0.25, 0.3) is 0 Å². The van der Waals surface area contributed by atoms with E-state index in [1.54, 1.807) is 7.11 Å². The molecule has 0 N–H and O–H groups in total. The van der Waals surface area contributed by atoms with Crippen LogP contribution in [0.4, 0.5) is 0 Å². The van der Waals surface area contributed by atoms with Gasteiger partial charge in [0.15, 0.2) is 0 Å². The van der Waals surface area contributed by atoms with Gasteiger partial charge in [0, 0.05) is 9.99 Å². The normalized spacial score (nSPS) is 10.2. The van der Waals surface area contributed by atoms with E-state index in [-0.39, 0.29) is 5.97 Å². The Kier molecular flexibility index (Phi) is 7.50. The molecule has 25 heavy (non-hydrogen) atoms. The number of hydrogen-bond acceptors (Lipinski definition) is 3. The molecule has 0 unspecified atom stereocenters. The molecule has 4 heteroatoms. The van der Waals surface area contributed by atoms with Crippen molar-refractivity contribution >= 4 is 28.6 Å². The summed E-state index contributed by atoms with van der Waals surface area (Å²) in [7, 11) is 1.64. The first-order valence-electron chi connectivity index (χ1n) is 8.23. The lowest BCUT2D eigenvalue weighted by atomic mass is 10.1. The third kappa shape index (κ3) is 6.53. The fraction of sp³-hybridized carbons (Fsp3) is 0.286. The highest BCUT2D eigenvalue weighted by Crippen LogP contribution is 2.23. The first-order valence-corrected chi connectivity index (χ1v) is 9.31. The van der Waals surface area contributed by atoms with E-state index in [0.717, 1.165) is 26.9 Å². The maximum absolute atomic E-state index is 12.2. The zero-order valence-electron chi connectivity index (χ0n) is 14.8. The van der Waals surface area contributed by atoms with Gasteiger partial charge in [-0.05, 0) is 90.7 Å². The van der Waals surface area contributed by atoms with E-state index >= 15 is 0 Å². The topological polar surface area (TPSA) is 35.5 Å². The number of benzene rings is 2. The van der Waals surface area contributed by atoms with Gasteiger partial charge in [-0.15, -0.1) is 0 Å². The molecule has 0 heterocycles. The van der Waals surface area contributed by atoms with Gasteiger partial charge in [0.2, 0.25) is 0 Å². The number of aryl methyl sites for hydroxylation is 1. The first kappa shape index (κ1) is 19.5. The van der Waals surface area contributed by atoms with Crippen LogP contribution in [0, 0.1) is 3.57 Å². The number of ether oxygens (including phenoxy) is 2. The van der Waals surface area contributed by atoms with Gasteiger partial charge in [-0.2, -0.15) is 0 Å². The van der Waals surface area contributed by atoms with Crippen LogP contribution in [-0.4, -0.2) is 13.1 Å². The number of halogens is 1. The lowest BCUT2D eigenvalue weighted by Gasteiger charge is -2.10. The number of carbonyl (C=O) groups is 1. The Morgan fingerprint density at radius 2 is 1.84 bits per heavy atom. The average molecular weight is 450 g/mol. The summed E-state index contributed by atoms with van der Waals surface area (Å²) in [4.78, 5) is 12.2. The van der Waals surface area contributed by atoms with Crippen molar-refractivity contribution < 1.29 is 14.3 Å². The van der Waals surface area contributed by atoms with E-state index in [9.17, 15) is 4.79 Å². The molecular formula is C21H23IO3. The van der Waals surface area contributed by atoms with Crippen molar-refractivity contribution in [1.29, 1.82) is 0 Å². The van der Waals surface area contributed by atoms with Crippen molar-refractivity contribution in [2.24, 2.45) is 0 Å². The molecular weight excluding hydrogens is 427 g/mol. The van der Waals surface area contributed by atoms with Crippen LogP contribution in [0.5, 0.6) is 11.5 Å². The van der Waals surface area contributed by atoms with Crippen LogP contribution >= 0.6 is 22.6 Å². The summed E-state index contributed by atoms with van der Waals surface area (Å²) >= 11 is 2.27. The Labute approximate surface area is 163 Å². The number of rotatable bonds is 7. The van der Waals surface area contributed by atoms with Crippen molar-refractivity contribution in [3.05, 3.63) is 68.8 Å². The van der Waals surface area contributed by atoms with Crippen molar-refractivity contribution in [3.63, 3.8) is 0 Å². The first-order chi connectivity index (χ1) is 12.0. The third-order valence-electron chi connectivity index (χ3n) is 3.75. The molecule has 0 aliphatic carbocycles. The van der Waals surface area contributed by atoms with Gasteiger partial charge < -0.3 is 9.47 Å². The summed E-state index contributed by atoms with van der Waals surface area (Å²) in [5.41, 5.74) is 3.37. The molecule has 3 nitrogen and oxygen atoms in total. The van der Waals surface area contributed by atoms with Gasteiger partial charge in [0.05, 0.1) is 7.11 Å². The molecule has 132 valence electrons. The SMILES string of the molecule is COc1ccc(CCC(=O)Oc2ccc(I)cc2CC=C(C)C)cc1. The molecule has 0 bridgehead atoms. The van der Waals surface area contributed by atoms with Gasteiger partial charge in [0.25, 0.3) is 0 Å². The second-order valence-corrected chi connectivity index (χ2v) is 7.31. The summed E-state index contributed by atoms with van der Waals surface area (Å²) in [6.07, 6.45) is 3.90. The maximum atomic E-state index is 12.2. The smallest absolute Gasteiger partial charge is 0.311 e. The molecule has 2 aromatic rings. The van der Waals surface area contributed by atoms with Crippen molar-refractivity contribution in [1.82, 2.24) is 0 Å². The van der Waals surface area contributed by atoms with Crippen molar-refractivity contribution in [2.45, 2.75) is 33.1 Å². The molecule has 0 spiro atoms. The Hall–Kier alpha value is -1.82. The van der Waals surface area contributed by atoms with E-state index in [4.69, 9.17) is 9.47 Å². The largest absolute Gasteiger partial charge is 0.497 e. The van der Waals surface area contributed by atoms with Crippen LogP contribution in [0.3, 0.4) is 0 Å². The summed E-state index contributed by atoms with van der Waals surface area (Å²) in [6.45, 7) is 4.13. The molecule has 0 radical (unpaired) electrons. The Morgan fingerprint density at radius 3 is 2.48 bits per heavy atom. The Bertz CT molecular complexity index is 744. The van der Waals surface area contributed by atoms with Crippen LogP contribution in [0.15, 0.2) is 54.1 Å². The van der Waals surface area contributed by atoms with Gasteiger partial charge in [0.1, 0.15) is 11.5 Å². The number of hydrogen-bond donors (Lipinski definition) is 0. The van der Waals surface area contributed by atoms with Gasteiger partial charge in [-0.3, -0.25) is 4.79 Å². The van der Waals surface area contributed by atoms with Crippen LogP contribution in [0.1, 0.15) is 31.4 Å². The minimum Gasteiger partial charge on any atom is -0.497 e. The minimum atomic E-state index is -0.213. The molecule has 0 atom stereocenters. The third-order valence-corrected chi connectivity index (χ3v) is 4.42. The highest BCUT2D eigenvalue weighted by molar-refractivity contribution is 14.1. The summed E-state index contributed by atoms with van der Waals surface area (Å²) in [5, 5.41) is 0. The van der Waals surface area contributed by atoms with E-state index < -0.39 is 0 Å². The van der Waals surface area contributed by atoms with E-state index in [2.05, 4.69) is 48.6 Å². The van der Waals surface area contributed by atoms with Gasteiger partial charge in [-0.1, -0.05) is 23.8 Å². The maximum Gasteiger partial charge on any atom is 0.311 e. The molecule has 0 amide bonds. The highest BCUT2D eigenvalue weighted by Gasteiger charge is 2.10. The minimum absolute atomic E-state index is 0.213. The molecule has 2 rings (SSSR count). The van der Waals surface area contributed by atoms with E-state index in [1.165, 1.54) is 5.57 Å². The number of methoxy groups -OCH3 is 1. The molecule has 0 saturated carbocycles. The van der Waals surface area contributed by atoms with Gasteiger partial charge >= 0.3 is 5.97 Å². The van der Waals surface area contributed by atoms with E-state index in [0.29, 0.717) is 18.6 Å². The highest BCUT2D eigenvalue weighted by atomic mass is 127. The van der Waals surface area contributed by atoms with E-state index in [1.807, 2.05) is 36.4 Å². The zero-order valence-corrected chi connectivity index (χ0v) is 17.0. The number of esters is 1. The summed E-state index contributed by atoms with van der Waals surface area (Å²) < 4.78 is 11.9. The lowest BCUT2D eigenvalue weighted by molar-refractivity contribution is -0.134. The second-order valence-electron chi connectivity index (χ2n) is 6.06. The monoisotopic (exact) mass is 450 g/mol. The fourth-order valence-corrected chi connectivity index (χ4v) is 2.89. The van der Waals surface area contributed by atoms with Crippen molar-refractivity contribution in [3.8, 4) is 11.5 Å². The Balaban J connectivity index is 1.98. The second kappa shape index (κ2) is 9.61. The lowest BCUT2D eigenvalue weighted by Crippen LogP contribution is -2.10. The van der Waals surface area contributed by atoms with Crippen molar-refractivity contribution in [2.75, 3.05) is 7.11 Å². The fourth-order valence-electron chi connectivity index (χ4n) is 2.33. The molecule has 0 fully saturated rings. The standard InChI is InChI=1S/C21H23IO3/c1-15(2)4-8-17-14-18(22)9-12-20(17)25-21(23)13-7-16-5-10-19(24-3)11-6-16/h4-6,9-12,14H,7-8,13H2,1-3H3. The quantitative estimate of drug-likeness (QED) is 0.247.